The van der Waals surface area contributed by atoms with Crippen molar-refractivity contribution >= 4 is 11.0 Å². The predicted molar refractivity (Wildman–Crippen MR) is 65.4 cm³/mol. The van der Waals surface area contributed by atoms with E-state index in [1.54, 1.807) is 0 Å². The van der Waals surface area contributed by atoms with Gasteiger partial charge in [-0.15, -0.1) is 0 Å². The number of aryl methyl sites for hydroxylation is 2. The Hall–Kier alpha value is -1.35. The molecule has 0 bridgehead atoms. The van der Waals surface area contributed by atoms with Gasteiger partial charge in [-0.1, -0.05) is 6.07 Å². The molecule has 1 aliphatic rings. The number of imidazole rings is 1. The molecular weight excluding hydrogens is 198 g/mol. The number of nitrogens with one attached hydrogen (secondary N) is 1. The lowest BCUT2D eigenvalue weighted by molar-refractivity contribution is 0.288. The third-order valence-corrected chi connectivity index (χ3v) is 3.61. The summed E-state index contributed by atoms with van der Waals surface area (Å²) in [5.74, 6) is 1.07. The first kappa shape index (κ1) is 9.85. The summed E-state index contributed by atoms with van der Waals surface area (Å²) in [6.45, 7) is 4.27. The minimum atomic E-state index is 0.529. The van der Waals surface area contributed by atoms with E-state index in [2.05, 4.69) is 47.0 Å². The van der Waals surface area contributed by atoms with Gasteiger partial charge in [-0.25, -0.2) is 4.98 Å². The molecule has 0 saturated carbocycles. The van der Waals surface area contributed by atoms with Gasteiger partial charge >= 0.3 is 0 Å². The minimum Gasteiger partial charge on any atom is -0.331 e. The molecule has 3 nitrogen and oxygen atoms in total. The largest absolute Gasteiger partial charge is 0.331 e. The molecule has 2 heterocycles. The molecular formula is C13H17N3. The zero-order valence-electron chi connectivity index (χ0n) is 9.99. The number of benzene rings is 1. The van der Waals surface area contributed by atoms with Crippen LogP contribution in [-0.2, 0) is 7.05 Å². The van der Waals surface area contributed by atoms with Crippen molar-refractivity contribution in [1.82, 2.24) is 14.9 Å². The molecule has 1 fully saturated rings. The van der Waals surface area contributed by atoms with Gasteiger partial charge in [0.25, 0.3) is 0 Å². The molecule has 3 heteroatoms. The molecule has 0 spiro atoms. The van der Waals surface area contributed by atoms with Crippen LogP contribution in [0.25, 0.3) is 11.0 Å². The maximum Gasteiger partial charge on any atom is 0.106 e. The van der Waals surface area contributed by atoms with Crippen LogP contribution in [0, 0.1) is 6.92 Å². The van der Waals surface area contributed by atoms with E-state index < -0.39 is 0 Å². The average molecular weight is 215 g/mol. The molecule has 1 aromatic heterocycles. The number of aromatic nitrogens is 2. The van der Waals surface area contributed by atoms with E-state index in [9.17, 15) is 0 Å². The van der Waals surface area contributed by atoms with E-state index in [1.165, 1.54) is 17.5 Å². The second-order valence-electron chi connectivity index (χ2n) is 4.82. The van der Waals surface area contributed by atoms with Gasteiger partial charge in [-0.2, -0.15) is 0 Å². The van der Waals surface area contributed by atoms with Crippen LogP contribution in [0.1, 0.15) is 30.8 Å². The minimum absolute atomic E-state index is 0.529. The van der Waals surface area contributed by atoms with Gasteiger partial charge in [0.15, 0.2) is 0 Å². The zero-order valence-corrected chi connectivity index (χ0v) is 9.99. The summed E-state index contributed by atoms with van der Waals surface area (Å²) in [6, 6.07) is 7.79. The van der Waals surface area contributed by atoms with Crippen LogP contribution in [0.15, 0.2) is 18.2 Å². The van der Waals surface area contributed by atoms with Crippen LogP contribution in [0.5, 0.6) is 0 Å². The smallest absolute Gasteiger partial charge is 0.106 e. The third-order valence-electron chi connectivity index (χ3n) is 3.61. The van der Waals surface area contributed by atoms with E-state index in [4.69, 9.17) is 0 Å². The average Bonchev–Trinajstić information content (AvgIpc) is 2.50. The van der Waals surface area contributed by atoms with Gasteiger partial charge in [-0.3, -0.25) is 0 Å². The lowest BCUT2D eigenvalue weighted by Gasteiger charge is -2.35. The van der Waals surface area contributed by atoms with Crippen molar-refractivity contribution < 1.29 is 0 Å². The molecule has 2 atom stereocenters. The van der Waals surface area contributed by atoms with Gasteiger partial charge in [0.1, 0.15) is 5.82 Å². The topological polar surface area (TPSA) is 29.9 Å². The third kappa shape index (κ3) is 1.35. The number of rotatable bonds is 1. The van der Waals surface area contributed by atoms with Crippen LogP contribution < -0.4 is 5.32 Å². The summed E-state index contributed by atoms with van der Waals surface area (Å²) in [5.41, 5.74) is 3.69. The zero-order chi connectivity index (χ0) is 11.3. The first-order valence-electron chi connectivity index (χ1n) is 5.84. The molecule has 16 heavy (non-hydrogen) atoms. The molecule has 1 aromatic carbocycles. The Balaban J connectivity index is 2.03. The number of fused-ring (bicyclic) bond motifs is 1. The van der Waals surface area contributed by atoms with E-state index in [-0.39, 0.29) is 0 Å². The highest BCUT2D eigenvalue weighted by Crippen LogP contribution is 2.29. The molecule has 2 aromatic rings. The number of nitrogens with zero attached hydrogens (tertiary/aromatic N) is 2. The van der Waals surface area contributed by atoms with E-state index >= 15 is 0 Å². The lowest BCUT2D eigenvalue weighted by atomic mass is 9.92. The van der Waals surface area contributed by atoms with Crippen molar-refractivity contribution in [2.75, 3.05) is 0 Å². The summed E-state index contributed by atoms with van der Waals surface area (Å²) in [6.07, 6.45) is 1.23. The Morgan fingerprint density at radius 2 is 2.19 bits per heavy atom. The Morgan fingerprint density at radius 1 is 1.44 bits per heavy atom. The van der Waals surface area contributed by atoms with Gasteiger partial charge in [-0.05, 0) is 38.0 Å². The van der Waals surface area contributed by atoms with Gasteiger partial charge in [0.05, 0.1) is 11.0 Å². The summed E-state index contributed by atoms with van der Waals surface area (Å²) in [4.78, 5) is 4.57. The Labute approximate surface area is 95.5 Å². The molecule has 84 valence electrons. The van der Waals surface area contributed by atoms with Crippen molar-refractivity contribution in [2.24, 2.45) is 7.05 Å². The van der Waals surface area contributed by atoms with Gasteiger partial charge in [0, 0.05) is 19.1 Å². The monoisotopic (exact) mass is 215 g/mol. The summed E-state index contributed by atoms with van der Waals surface area (Å²) in [5, 5.41) is 3.51. The van der Waals surface area contributed by atoms with Crippen LogP contribution in [0.3, 0.4) is 0 Å². The van der Waals surface area contributed by atoms with Crippen LogP contribution in [0.4, 0.5) is 0 Å². The maximum absolute atomic E-state index is 4.57. The highest BCUT2D eigenvalue weighted by molar-refractivity contribution is 5.77. The second-order valence-corrected chi connectivity index (χ2v) is 4.82. The van der Waals surface area contributed by atoms with Gasteiger partial charge in [0.2, 0.25) is 0 Å². The molecule has 0 radical (unpaired) electrons. The summed E-state index contributed by atoms with van der Waals surface area (Å²) >= 11 is 0. The SMILES string of the molecule is Cc1nc2cc(C3CC(C)N3)ccc2n1C. The molecule has 0 aliphatic carbocycles. The predicted octanol–water partition coefficient (Wildman–Crippen LogP) is 2.30. The normalized spacial score (nSPS) is 24.7. The lowest BCUT2D eigenvalue weighted by Crippen LogP contribution is -2.43. The standard InChI is InChI=1S/C13H17N3/c1-8-6-11(14-8)10-4-5-13-12(7-10)15-9(2)16(13)3/h4-5,7-8,11,14H,6H2,1-3H3. The van der Waals surface area contributed by atoms with Crippen molar-refractivity contribution in [1.29, 1.82) is 0 Å². The summed E-state index contributed by atoms with van der Waals surface area (Å²) in [7, 11) is 2.06. The maximum atomic E-state index is 4.57. The molecule has 0 amide bonds. The molecule has 1 N–H and O–H groups in total. The van der Waals surface area contributed by atoms with Crippen LogP contribution in [0.2, 0.25) is 0 Å². The first-order valence-corrected chi connectivity index (χ1v) is 5.84. The highest BCUT2D eigenvalue weighted by atomic mass is 15.1. The van der Waals surface area contributed by atoms with Crippen LogP contribution in [-0.4, -0.2) is 15.6 Å². The Morgan fingerprint density at radius 3 is 2.88 bits per heavy atom. The number of hydrogen-bond donors (Lipinski definition) is 1. The van der Waals surface area contributed by atoms with Gasteiger partial charge < -0.3 is 9.88 Å². The Kier molecular flexibility index (Phi) is 2.04. The van der Waals surface area contributed by atoms with E-state index in [0.29, 0.717) is 12.1 Å². The fraction of sp³-hybridized carbons (Fsp3) is 0.462. The summed E-state index contributed by atoms with van der Waals surface area (Å²) < 4.78 is 2.13. The highest BCUT2D eigenvalue weighted by Gasteiger charge is 2.25. The van der Waals surface area contributed by atoms with E-state index in [1.807, 2.05) is 6.92 Å². The molecule has 3 rings (SSSR count). The molecule has 1 aliphatic heterocycles. The van der Waals surface area contributed by atoms with Crippen molar-refractivity contribution in [3.05, 3.63) is 29.6 Å². The molecule has 2 unspecified atom stereocenters. The van der Waals surface area contributed by atoms with Crippen LogP contribution >= 0.6 is 0 Å². The van der Waals surface area contributed by atoms with Crippen molar-refractivity contribution in [2.45, 2.75) is 32.4 Å². The Bertz CT molecular complexity index is 535. The fourth-order valence-electron chi connectivity index (χ4n) is 2.46. The number of hydrogen-bond acceptors (Lipinski definition) is 2. The first-order chi connectivity index (χ1) is 7.65. The molecule has 1 saturated heterocycles. The van der Waals surface area contributed by atoms with Crippen molar-refractivity contribution in [3.8, 4) is 0 Å². The van der Waals surface area contributed by atoms with Crippen molar-refractivity contribution in [3.63, 3.8) is 0 Å². The fourth-order valence-corrected chi connectivity index (χ4v) is 2.46. The second kappa shape index (κ2) is 3.32. The van der Waals surface area contributed by atoms with E-state index in [0.717, 1.165) is 11.3 Å². The quantitative estimate of drug-likeness (QED) is 0.791.